The van der Waals surface area contributed by atoms with Gasteiger partial charge in [0.2, 0.25) is 0 Å². The van der Waals surface area contributed by atoms with Gasteiger partial charge in [-0.25, -0.2) is 14.8 Å². The molecule has 3 saturated heterocycles. The van der Waals surface area contributed by atoms with E-state index in [4.69, 9.17) is 4.98 Å². The summed E-state index contributed by atoms with van der Waals surface area (Å²) < 4.78 is 0. The van der Waals surface area contributed by atoms with Crippen molar-refractivity contribution in [1.82, 2.24) is 14.9 Å². The van der Waals surface area contributed by atoms with Gasteiger partial charge in [0.1, 0.15) is 21.9 Å². The van der Waals surface area contributed by atoms with Crippen LogP contribution in [0.4, 0.5) is 5.82 Å². The van der Waals surface area contributed by atoms with E-state index in [1.165, 1.54) is 63.0 Å². The normalized spacial score (nSPS) is 26.1. The number of carboxylic acid groups (broad SMARTS) is 1. The van der Waals surface area contributed by atoms with Crippen molar-refractivity contribution in [3.8, 4) is 11.1 Å². The fourth-order valence-electron chi connectivity index (χ4n) is 6.04. The van der Waals surface area contributed by atoms with Crippen molar-refractivity contribution < 1.29 is 9.90 Å². The van der Waals surface area contributed by atoms with Crippen molar-refractivity contribution in [1.29, 1.82) is 0 Å². The van der Waals surface area contributed by atoms with E-state index in [1.54, 1.807) is 6.33 Å². The number of anilines is 1. The Morgan fingerprint density at radius 2 is 1.71 bits per heavy atom. The van der Waals surface area contributed by atoms with Crippen LogP contribution in [0, 0.1) is 0 Å². The van der Waals surface area contributed by atoms with Gasteiger partial charge in [0, 0.05) is 23.7 Å². The molecule has 3 aromatic rings. The maximum atomic E-state index is 12.1. The van der Waals surface area contributed by atoms with Crippen LogP contribution in [-0.2, 0) is 0 Å². The average molecular weight is 435 g/mol. The molecule has 2 unspecified atom stereocenters. The van der Waals surface area contributed by atoms with E-state index >= 15 is 0 Å². The van der Waals surface area contributed by atoms with Crippen LogP contribution in [0.25, 0.3) is 21.3 Å². The van der Waals surface area contributed by atoms with Crippen molar-refractivity contribution in [2.45, 2.75) is 56.7 Å². The molecule has 1 N–H and O–H groups in total. The lowest BCUT2D eigenvalue weighted by Crippen LogP contribution is -2.50. The molecule has 3 fully saturated rings. The summed E-state index contributed by atoms with van der Waals surface area (Å²) >= 11 is 1.26. The molecule has 160 valence electrons. The first-order chi connectivity index (χ1) is 15.2. The number of thiophene rings is 1. The molecular formula is C24H26N4O2S. The van der Waals surface area contributed by atoms with Gasteiger partial charge in [-0.05, 0) is 57.2 Å². The number of likely N-dealkylation sites (tertiary alicyclic amines) is 1. The molecule has 5 heterocycles. The predicted octanol–water partition coefficient (Wildman–Crippen LogP) is 4.65. The molecule has 0 saturated carbocycles. The number of benzene rings is 1. The maximum absolute atomic E-state index is 12.1. The Hall–Kier alpha value is -2.51. The average Bonchev–Trinajstić information content (AvgIpc) is 3.51. The molecule has 2 bridgehead atoms. The summed E-state index contributed by atoms with van der Waals surface area (Å²) in [6.07, 6.45) is 9.01. The zero-order valence-electron chi connectivity index (χ0n) is 17.4. The molecule has 6 nitrogen and oxygen atoms in total. The summed E-state index contributed by atoms with van der Waals surface area (Å²) in [6.45, 7) is 2.49. The lowest BCUT2D eigenvalue weighted by Gasteiger charge is -2.43. The third-order valence-electron chi connectivity index (χ3n) is 7.33. The van der Waals surface area contributed by atoms with Crippen LogP contribution in [-0.4, -0.2) is 57.2 Å². The molecule has 0 spiro atoms. The minimum atomic E-state index is -0.900. The van der Waals surface area contributed by atoms with Crippen molar-refractivity contribution in [3.63, 3.8) is 0 Å². The highest BCUT2D eigenvalue weighted by molar-refractivity contribution is 7.21. The van der Waals surface area contributed by atoms with Gasteiger partial charge in [-0.15, -0.1) is 11.3 Å². The molecule has 3 aliphatic rings. The van der Waals surface area contributed by atoms with Crippen LogP contribution < -0.4 is 4.90 Å². The Morgan fingerprint density at radius 1 is 1.00 bits per heavy atom. The quantitative estimate of drug-likeness (QED) is 0.644. The van der Waals surface area contributed by atoms with Gasteiger partial charge in [0.25, 0.3) is 0 Å². The summed E-state index contributed by atoms with van der Waals surface area (Å²) in [5.74, 6) is 0.0310. The number of fused-ring (bicyclic) bond motifs is 3. The van der Waals surface area contributed by atoms with Gasteiger partial charge < -0.3 is 14.9 Å². The number of aromatic nitrogens is 2. The van der Waals surface area contributed by atoms with Gasteiger partial charge in [-0.3, -0.25) is 0 Å². The highest BCUT2D eigenvalue weighted by Gasteiger charge is 2.44. The maximum Gasteiger partial charge on any atom is 0.346 e. The van der Waals surface area contributed by atoms with E-state index in [2.05, 4.69) is 14.8 Å². The first-order valence-electron chi connectivity index (χ1n) is 11.3. The number of hydrogen-bond acceptors (Lipinski definition) is 6. The highest BCUT2D eigenvalue weighted by atomic mass is 32.1. The number of rotatable bonds is 4. The zero-order chi connectivity index (χ0) is 20.9. The van der Waals surface area contributed by atoms with E-state index in [0.717, 1.165) is 27.2 Å². The smallest absolute Gasteiger partial charge is 0.346 e. The van der Waals surface area contributed by atoms with Crippen molar-refractivity contribution in [2.24, 2.45) is 0 Å². The fraction of sp³-hybridized carbons (Fsp3) is 0.458. The second-order valence-corrected chi connectivity index (χ2v) is 10.0. The minimum absolute atomic E-state index is 0.349. The van der Waals surface area contributed by atoms with Gasteiger partial charge in [-0.2, -0.15) is 0 Å². The van der Waals surface area contributed by atoms with Crippen molar-refractivity contribution >= 4 is 33.3 Å². The Morgan fingerprint density at radius 3 is 2.39 bits per heavy atom. The Bertz CT molecular complexity index is 1110. The number of piperidine rings is 1. The number of aromatic carboxylic acids is 1. The molecule has 0 radical (unpaired) electrons. The Kier molecular flexibility index (Phi) is 4.69. The van der Waals surface area contributed by atoms with Crippen LogP contribution in [0.5, 0.6) is 0 Å². The predicted molar refractivity (Wildman–Crippen MR) is 123 cm³/mol. The van der Waals surface area contributed by atoms with E-state index in [9.17, 15) is 9.90 Å². The second-order valence-electron chi connectivity index (χ2n) is 9.02. The van der Waals surface area contributed by atoms with Gasteiger partial charge in [0.05, 0.1) is 5.39 Å². The summed E-state index contributed by atoms with van der Waals surface area (Å²) in [7, 11) is 0. The highest BCUT2D eigenvalue weighted by Crippen LogP contribution is 2.47. The van der Waals surface area contributed by atoms with Crippen molar-refractivity contribution in [3.05, 3.63) is 41.5 Å². The molecule has 1 aromatic carbocycles. The van der Waals surface area contributed by atoms with Crippen LogP contribution >= 0.6 is 11.3 Å². The monoisotopic (exact) mass is 434 g/mol. The van der Waals surface area contributed by atoms with E-state index in [-0.39, 0.29) is 0 Å². The lowest BCUT2D eigenvalue weighted by molar-refractivity contribution is 0.0703. The summed E-state index contributed by atoms with van der Waals surface area (Å²) in [4.78, 5) is 27.7. The number of nitrogens with zero attached hydrogens (tertiary/aromatic N) is 4. The molecule has 6 rings (SSSR count). The standard InChI is InChI=1S/C24H26N4O2S/c29-24(30)21-19(15-6-2-1-3-7-15)20-22(25-14-26-23(20)31-21)28-16-8-9-17(28)13-18(12-16)27-10-4-5-11-27/h1-3,6-7,14,16-18H,4-5,8-13H2,(H,29,30). The fourth-order valence-corrected chi connectivity index (χ4v) is 7.04. The molecule has 3 aliphatic heterocycles. The number of carbonyl (C=O) groups is 1. The van der Waals surface area contributed by atoms with Gasteiger partial charge in [0.15, 0.2) is 0 Å². The largest absolute Gasteiger partial charge is 0.477 e. The molecule has 0 amide bonds. The molecule has 2 aromatic heterocycles. The second kappa shape index (κ2) is 7.57. The number of hydrogen-bond donors (Lipinski definition) is 1. The van der Waals surface area contributed by atoms with Crippen LogP contribution in [0.3, 0.4) is 0 Å². The Balaban J connectivity index is 1.46. The first-order valence-corrected chi connectivity index (χ1v) is 12.1. The zero-order valence-corrected chi connectivity index (χ0v) is 18.2. The van der Waals surface area contributed by atoms with E-state index < -0.39 is 5.97 Å². The van der Waals surface area contributed by atoms with Crippen LogP contribution in [0.1, 0.15) is 48.2 Å². The molecular weight excluding hydrogens is 408 g/mol. The van der Waals surface area contributed by atoms with Crippen LogP contribution in [0.15, 0.2) is 36.7 Å². The third kappa shape index (κ3) is 3.13. The molecule has 7 heteroatoms. The van der Waals surface area contributed by atoms with E-state index in [0.29, 0.717) is 23.0 Å². The minimum Gasteiger partial charge on any atom is -0.477 e. The van der Waals surface area contributed by atoms with Crippen molar-refractivity contribution in [2.75, 3.05) is 18.0 Å². The summed E-state index contributed by atoms with van der Waals surface area (Å²) in [6, 6.07) is 11.5. The van der Waals surface area contributed by atoms with Gasteiger partial charge in [-0.1, -0.05) is 30.3 Å². The topological polar surface area (TPSA) is 69.6 Å². The SMILES string of the molecule is O=C(O)c1sc2ncnc(N3C4CCC3CC(N3CCCC3)C4)c2c1-c1ccccc1. The number of carboxylic acids is 1. The lowest BCUT2D eigenvalue weighted by atomic mass is 9.95. The Labute approximate surface area is 185 Å². The third-order valence-corrected chi connectivity index (χ3v) is 8.42. The van der Waals surface area contributed by atoms with Crippen LogP contribution in [0.2, 0.25) is 0 Å². The van der Waals surface area contributed by atoms with E-state index in [1.807, 2.05) is 30.3 Å². The first kappa shape index (κ1) is 19.2. The summed E-state index contributed by atoms with van der Waals surface area (Å²) in [5, 5.41) is 10.9. The molecule has 0 aliphatic carbocycles. The van der Waals surface area contributed by atoms with Gasteiger partial charge >= 0.3 is 5.97 Å². The molecule has 2 atom stereocenters. The molecule has 31 heavy (non-hydrogen) atoms. The summed E-state index contributed by atoms with van der Waals surface area (Å²) in [5.41, 5.74) is 1.69.